The van der Waals surface area contributed by atoms with Crippen molar-refractivity contribution in [2.45, 2.75) is 56.9 Å². The smallest absolute Gasteiger partial charge is 0.218 e. The van der Waals surface area contributed by atoms with E-state index in [4.69, 9.17) is 4.74 Å². The number of benzene rings is 1. The van der Waals surface area contributed by atoms with Crippen molar-refractivity contribution in [3.63, 3.8) is 0 Å². The molecule has 0 bridgehead atoms. The van der Waals surface area contributed by atoms with Crippen LogP contribution in [0, 0.1) is 0 Å². The van der Waals surface area contributed by atoms with Crippen LogP contribution in [0.5, 0.6) is 0 Å². The van der Waals surface area contributed by atoms with Crippen molar-refractivity contribution in [3.8, 4) is 0 Å². The molecule has 2 aliphatic rings. The minimum atomic E-state index is -3.28. The molecule has 0 spiro atoms. The van der Waals surface area contributed by atoms with Gasteiger partial charge in [0, 0.05) is 25.7 Å². The fraction of sp³-hybridized carbons (Fsp3) is 0.684. The van der Waals surface area contributed by atoms with Crippen molar-refractivity contribution in [3.05, 3.63) is 35.4 Å². The van der Waals surface area contributed by atoms with Crippen LogP contribution in [-0.2, 0) is 27.1 Å². The Hall–Kier alpha value is -0.660. The van der Waals surface area contributed by atoms with Gasteiger partial charge in [-0.3, -0.25) is 0 Å². The Labute approximate surface area is 164 Å². The summed E-state index contributed by atoms with van der Waals surface area (Å²) in [4.78, 5) is 0. The topological polar surface area (TPSA) is 58.6 Å². The Morgan fingerprint density at radius 3 is 2.27 bits per heavy atom. The lowest BCUT2D eigenvalue weighted by molar-refractivity contribution is 0.0729. The van der Waals surface area contributed by atoms with Gasteiger partial charge < -0.3 is 10.1 Å². The summed E-state index contributed by atoms with van der Waals surface area (Å²) in [5.41, 5.74) is 2.01. The second kappa shape index (κ2) is 10.6. The minimum absolute atomic E-state index is 0. The van der Waals surface area contributed by atoms with Crippen LogP contribution in [0.4, 0.5) is 0 Å². The van der Waals surface area contributed by atoms with E-state index in [1.165, 1.54) is 38.5 Å². The number of nitrogens with zero attached hydrogens (tertiary/aromatic N) is 1. The fourth-order valence-electron chi connectivity index (χ4n) is 3.72. The molecule has 1 saturated heterocycles. The van der Waals surface area contributed by atoms with Crippen LogP contribution in [0.3, 0.4) is 0 Å². The molecule has 0 atom stereocenters. The number of hydrogen-bond acceptors (Lipinski definition) is 4. The molecule has 0 unspecified atom stereocenters. The Bertz CT molecular complexity index is 640. The largest absolute Gasteiger partial charge is 0.379 e. The third-order valence-electron chi connectivity index (χ3n) is 5.26. The average molecular weight is 403 g/mol. The Kier molecular flexibility index (Phi) is 8.84. The summed E-state index contributed by atoms with van der Waals surface area (Å²) in [6.45, 7) is 2.66. The molecule has 0 amide bonds. The summed E-state index contributed by atoms with van der Waals surface area (Å²) in [7, 11) is -3.28. The van der Waals surface area contributed by atoms with Gasteiger partial charge in [-0.05, 0) is 24.0 Å². The highest BCUT2D eigenvalue weighted by molar-refractivity contribution is 7.88. The molecule has 7 heteroatoms. The first kappa shape index (κ1) is 21.6. The number of sulfonamides is 1. The normalized spacial score (nSPS) is 20.3. The van der Waals surface area contributed by atoms with E-state index in [0.717, 1.165) is 17.7 Å². The van der Waals surface area contributed by atoms with Crippen molar-refractivity contribution in [1.82, 2.24) is 9.62 Å². The zero-order chi connectivity index (χ0) is 17.5. The van der Waals surface area contributed by atoms with Gasteiger partial charge in [-0.2, -0.15) is 4.31 Å². The molecule has 1 aliphatic heterocycles. The van der Waals surface area contributed by atoms with Crippen LogP contribution in [-0.4, -0.2) is 45.1 Å². The summed E-state index contributed by atoms with van der Waals surface area (Å²) in [5, 5.41) is 3.66. The summed E-state index contributed by atoms with van der Waals surface area (Å²) < 4.78 is 32.2. The molecule has 0 radical (unpaired) electrons. The Morgan fingerprint density at radius 2 is 1.62 bits per heavy atom. The number of halogens is 1. The maximum atomic E-state index is 12.7. The van der Waals surface area contributed by atoms with E-state index in [9.17, 15) is 8.42 Å². The predicted molar refractivity (Wildman–Crippen MR) is 107 cm³/mol. The van der Waals surface area contributed by atoms with Crippen LogP contribution in [0.15, 0.2) is 24.3 Å². The first-order valence-corrected chi connectivity index (χ1v) is 11.1. The fourth-order valence-corrected chi connectivity index (χ4v) is 5.28. The third kappa shape index (κ3) is 6.20. The first-order chi connectivity index (χ1) is 12.1. The van der Waals surface area contributed by atoms with Gasteiger partial charge in [0.15, 0.2) is 0 Å². The van der Waals surface area contributed by atoms with E-state index >= 15 is 0 Å². The lowest BCUT2D eigenvalue weighted by Gasteiger charge is -2.26. The molecular weight excluding hydrogens is 372 g/mol. The van der Waals surface area contributed by atoms with Gasteiger partial charge in [0.05, 0.1) is 19.0 Å². The molecule has 1 aliphatic carbocycles. The lowest BCUT2D eigenvalue weighted by Crippen LogP contribution is -2.41. The molecule has 2 fully saturated rings. The molecule has 1 aromatic carbocycles. The van der Waals surface area contributed by atoms with Crippen LogP contribution >= 0.6 is 12.4 Å². The molecule has 5 nitrogen and oxygen atoms in total. The number of ether oxygens (including phenoxy) is 1. The van der Waals surface area contributed by atoms with Crippen molar-refractivity contribution in [2.24, 2.45) is 0 Å². The summed E-state index contributed by atoms with van der Waals surface area (Å²) in [6, 6.07) is 8.48. The van der Waals surface area contributed by atoms with Crippen molar-refractivity contribution < 1.29 is 13.2 Å². The van der Waals surface area contributed by atoms with E-state index in [0.29, 0.717) is 32.3 Å². The second-order valence-corrected chi connectivity index (χ2v) is 9.07. The molecule has 148 valence electrons. The van der Waals surface area contributed by atoms with Crippen LogP contribution in [0.1, 0.15) is 49.7 Å². The van der Waals surface area contributed by atoms with Crippen molar-refractivity contribution in [1.29, 1.82) is 0 Å². The molecular formula is C19H31ClN2O3S. The highest BCUT2D eigenvalue weighted by atomic mass is 35.5. The number of rotatable bonds is 6. The summed E-state index contributed by atoms with van der Waals surface area (Å²) in [5.74, 6) is 0.0789. The van der Waals surface area contributed by atoms with Gasteiger partial charge in [-0.15, -0.1) is 12.4 Å². The second-order valence-electron chi connectivity index (χ2n) is 7.11. The van der Waals surface area contributed by atoms with Crippen molar-refractivity contribution in [2.75, 3.05) is 26.3 Å². The van der Waals surface area contributed by atoms with Gasteiger partial charge in [0.25, 0.3) is 0 Å². The lowest BCUT2D eigenvalue weighted by atomic mass is 10.1. The number of hydrogen-bond donors (Lipinski definition) is 1. The molecule has 1 heterocycles. The number of morpholine rings is 1. The van der Waals surface area contributed by atoms with Gasteiger partial charge in [-0.25, -0.2) is 8.42 Å². The SMILES string of the molecule is Cl.O=S(=O)(Cc1ccccc1CNC1CCCCCC1)N1CCOCC1. The predicted octanol–water partition coefficient (Wildman–Crippen LogP) is 3.08. The maximum absolute atomic E-state index is 12.7. The average Bonchev–Trinajstić information content (AvgIpc) is 2.90. The van der Waals surface area contributed by atoms with E-state index in [1.54, 1.807) is 4.31 Å². The van der Waals surface area contributed by atoms with Gasteiger partial charge in [0.1, 0.15) is 0 Å². The first-order valence-electron chi connectivity index (χ1n) is 9.51. The third-order valence-corrected chi connectivity index (χ3v) is 7.08. The summed E-state index contributed by atoms with van der Waals surface area (Å²) in [6.07, 6.45) is 7.73. The quantitative estimate of drug-likeness (QED) is 0.743. The standard InChI is InChI=1S/C19H30N2O3S.ClH/c22-25(23,21-11-13-24-14-12-21)16-18-8-6-5-7-17(18)15-20-19-9-3-1-2-4-10-19;/h5-8,19-20H,1-4,9-16H2;1H. The Morgan fingerprint density at radius 1 is 1.00 bits per heavy atom. The van der Waals surface area contributed by atoms with E-state index < -0.39 is 10.0 Å². The monoisotopic (exact) mass is 402 g/mol. The van der Waals surface area contributed by atoms with E-state index in [-0.39, 0.29) is 18.2 Å². The van der Waals surface area contributed by atoms with Crippen molar-refractivity contribution >= 4 is 22.4 Å². The zero-order valence-electron chi connectivity index (χ0n) is 15.4. The minimum Gasteiger partial charge on any atom is -0.379 e. The molecule has 1 saturated carbocycles. The van der Waals surface area contributed by atoms with Crippen LogP contribution in [0.25, 0.3) is 0 Å². The summed E-state index contributed by atoms with van der Waals surface area (Å²) >= 11 is 0. The van der Waals surface area contributed by atoms with E-state index in [2.05, 4.69) is 5.32 Å². The molecule has 0 aromatic heterocycles. The zero-order valence-corrected chi connectivity index (χ0v) is 17.0. The van der Waals surface area contributed by atoms with Gasteiger partial charge in [-0.1, -0.05) is 49.9 Å². The highest BCUT2D eigenvalue weighted by Crippen LogP contribution is 2.20. The molecule has 1 aromatic rings. The van der Waals surface area contributed by atoms with Crippen LogP contribution in [0.2, 0.25) is 0 Å². The molecule has 1 N–H and O–H groups in total. The molecule has 3 rings (SSSR count). The number of nitrogens with one attached hydrogen (secondary N) is 1. The van der Waals surface area contributed by atoms with E-state index in [1.807, 2.05) is 24.3 Å². The maximum Gasteiger partial charge on any atom is 0.218 e. The Balaban J connectivity index is 0.00000243. The van der Waals surface area contributed by atoms with Gasteiger partial charge >= 0.3 is 0 Å². The van der Waals surface area contributed by atoms with Crippen LogP contribution < -0.4 is 5.32 Å². The van der Waals surface area contributed by atoms with Gasteiger partial charge in [0.2, 0.25) is 10.0 Å². The highest BCUT2D eigenvalue weighted by Gasteiger charge is 2.25. The molecule has 26 heavy (non-hydrogen) atoms.